The van der Waals surface area contributed by atoms with Gasteiger partial charge in [0.15, 0.2) is 0 Å². The van der Waals surface area contributed by atoms with E-state index in [-0.39, 0.29) is 0 Å². The minimum absolute atomic E-state index is 0.519. The average molecular weight is 291 g/mol. The quantitative estimate of drug-likeness (QED) is 0.912. The van der Waals surface area contributed by atoms with Gasteiger partial charge in [0.25, 0.3) is 0 Å². The second-order valence-electron chi connectivity index (χ2n) is 4.98. The Balaban J connectivity index is 2.24. The molecule has 0 radical (unpaired) electrons. The van der Waals surface area contributed by atoms with Crippen molar-refractivity contribution in [1.29, 1.82) is 0 Å². The van der Waals surface area contributed by atoms with Crippen molar-refractivity contribution in [1.82, 2.24) is 0 Å². The summed E-state index contributed by atoms with van der Waals surface area (Å²) in [5.74, 6) is 0.620. The predicted octanol–water partition coefficient (Wildman–Crippen LogP) is 4.24. The lowest BCUT2D eigenvalue weighted by Gasteiger charge is -2.16. The number of benzene rings is 2. The van der Waals surface area contributed by atoms with Gasteiger partial charge in [-0.3, -0.25) is 0 Å². The van der Waals surface area contributed by atoms with Crippen molar-refractivity contribution >= 4 is 11.6 Å². The fraction of sp³-hybridized carbons (Fsp3) is 0.294. The van der Waals surface area contributed by atoms with Crippen LogP contribution in [0.25, 0.3) is 0 Å². The minimum Gasteiger partial charge on any atom is -0.495 e. The number of hydrogen-bond acceptors (Lipinski definition) is 2. The number of rotatable bonds is 4. The SMILES string of the molecule is COc1ccc(C(O)Cc2c(C)cccc2C)cc1Cl. The third-order valence-electron chi connectivity index (χ3n) is 3.60. The summed E-state index contributed by atoms with van der Waals surface area (Å²) >= 11 is 6.10. The Morgan fingerprint density at radius 2 is 1.80 bits per heavy atom. The Morgan fingerprint density at radius 3 is 2.35 bits per heavy atom. The molecule has 0 bridgehead atoms. The molecule has 0 aromatic heterocycles. The zero-order chi connectivity index (χ0) is 14.7. The first-order valence-electron chi connectivity index (χ1n) is 6.59. The number of aryl methyl sites for hydroxylation is 2. The van der Waals surface area contributed by atoms with Crippen LogP contribution in [0.1, 0.15) is 28.4 Å². The van der Waals surface area contributed by atoms with Crippen LogP contribution in [-0.4, -0.2) is 12.2 Å². The topological polar surface area (TPSA) is 29.5 Å². The van der Waals surface area contributed by atoms with Crippen LogP contribution in [0, 0.1) is 13.8 Å². The van der Waals surface area contributed by atoms with Gasteiger partial charge in [0.05, 0.1) is 18.2 Å². The van der Waals surface area contributed by atoms with Gasteiger partial charge in [-0.2, -0.15) is 0 Å². The van der Waals surface area contributed by atoms with Crippen LogP contribution in [-0.2, 0) is 6.42 Å². The first-order valence-corrected chi connectivity index (χ1v) is 6.97. The molecule has 2 aromatic carbocycles. The van der Waals surface area contributed by atoms with Gasteiger partial charge in [-0.1, -0.05) is 35.9 Å². The first kappa shape index (κ1) is 14.9. The van der Waals surface area contributed by atoms with Crippen molar-refractivity contribution in [2.45, 2.75) is 26.4 Å². The molecule has 20 heavy (non-hydrogen) atoms. The van der Waals surface area contributed by atoms with E-state index >= 15 is 0 Å². The Morgan fingerprint density at radius 1 is 1.15 bits per heavy atom. The number of methoxy groups -OCH3 is 1. The minimum atomic E-state index is -0.571. The highest BCUT2D eigenvalue weighted by atomic mass is 35.5. The second kappa shape index (κ2) is 6.29. The van der Waals surface area contributed by atoms with Gasteiger partial charge in [-0.15, -0.1) is 0 Å². The van der Waals surface area contributed by atoms with Gasteiger partial charge in [0.2, 0.25) is 0 Å². The molecule has 1 unspecified atom stereocenters. The van der Waals surface area contributed by atoms with E-state index in [2.05, 4.69) is 26.0 Å². The van der Waals surface area contributed by atoms with Crippen molar-refractivity contribution in [3.05, 3.63) is 63.7 Å². The van der Waals surface area contributed by atoms with Crippen LogP contribution in [0.3, 0.4) is 0 Å². The van der Waals surface area contributed by atoms with E-state index < -0.39 is 6.10 Å². The molecule has 0 saturated carbocycles. The van der Waals surface area contributed by atoms with Crippen LogP contribution in [0.2, 0.25) is 5.02 Å². The summed E-state index contributed by atoms with van der Waals surface area (Å²) in [4.78, 5) is 0. The molecule has 2 rings (SSSR count). The molecule has 0 spiro atoms. The number of aliphatic hydroxyl groups excluding tert-OH is 1. The third-order valence-corrected chi connectivity index (χ3v) is 3.90. The van der Waals surface area contributed by atoms with Gasteiger partial charge >= 0.3 is 0 Å². The van der Waals surface area contributed by atoms with E-state index in [9.17, 15) is 5.11 Å². The molecule has 2 nitrogen and oxygen atoms in total. The summed E-state index contributed by atoms with van der Waals surface area (Å²) in [6, 6.07) is 11.6. The van der Waals surface area contributed by atoms with Crippen LogP contribution in [0.4, 0.5) is 0 Å². The van der Waals surface area contributed by atoms with E-state index in [1.54, 1.807) is 19.2 Å². The molecular formula is C17H19ClO2. The van der Waals surface area contributed by atoms with E-state index in [1.807, 2.05) is 12.1 Å². The van der Waals surface area contributed by atoms with E-state index in [1.165, 1.54) is 16.7 Å². The number of hydrogen-bond donors (Lipinski definition) is 1. The summed E-state index contributed by atoms with van der Waals surface area (Å²) in [6.45, 7) is 4.13. The van der Waals surface area contributed by atoms with Gasteiger partial charge in [0, 0.05) is 6.42 Å². The molecule has 0 aliphatic heterocycles. The number of halogens is 1. The Bertz CT molecular complexity index is 588. The average Bonchev–Trinajstić information content (AvgIpc) is 2.42. The standard InChI is InChI=1S/C17H19ClO2/c1-11-5-4-6-12(2)14(11)10-16(19)13-7-8-17(20-3)15(18)9-13/h4-9,16,19H,10H2,1-3H3. The van der Waals surface area contributed by atoms with E-state index in [0.29, 0.717) is 17.2 Å². The lowest BCUT2D eigenvalue weighted by molar-refractivity contribution is 0.178. The molecule has 0 fully saturated rings. The zero-order valence-corrected chi connectivity index (χ0v) is 12.7. The second-order valence-corrected chi connectivity index (χ2v) is 5.39. The molecule has 0 saturated heterocycles. The van der Waals surface area contributed by atoms with E-state index in [0.717, 1.165) is 5.56 Å². The van der Waals surface area contributed by atoms with Gasteiger partial charge in [-0.25, -0.2) is 0 Å². The Hall–Kier alpha value is -1.51. The van der Waals surface area contributed by atoms with Crippen molar-refractivity contribution < 1.29 is 9.84 Å². The molecule has 0 aliphatic carbocycles. The molecule has 2 aromatic rings. The van der Waals surface area contributed by atoms with Gasteiger partial charge in [0.1, 0.15) is 5.75 Å². The monoisotopic (exact) mass is 290 g/mol. The van der Waals surface area contributed by atoms with Crippen LogP contribution in [0.5, 0.6) is 5.75 Å². The summed E-state index contributed by atoms with van der Waals surface area (Å²) in [5, 5.41) is 10.9. The lowest BCUT2D eigenvalue weighted by atomic mass is 9.94. The summed E-state index contributed by atoms with van der Waals surface area (Å²) in [5.41, 5.74) is 4.39. The molecular weight excluding hydrogens is 272 g/mol. The predicted molar refractivity (Wildman–Crippen MR) is 82.6 cm³/mol. The van der Waals surface area contributed by atoms with Crippen molar-refractivity contribution in [3.63, 3.8) is 0 Å². The van der Waals surface area contributed by atoms with Gasteiger partial charge in [-0.05, 0) is 48.2 Å². The molecule has 1 N–H and O–H groups in total. The third kappa shape index (κ3) is 3.14. The normalized spacial score (nSPS) is 12.2. The molecule has 0 heterocycles. The van der Waals surface area contributed by atoms with Crippen LogP contribution >= 0.6 is 11.6 Å². The summed E-state index contributed by atoms with van der Waals surface area (Å²) in [6.07, 6.45) is 0.0134. The Kier molecular flexibility index (Phi) is 4.69. The van der Waals surface area contributed by atoms with Crippen molar-refractivity contribution in [2.75, 3.05) is 7.11 Å². The fourth-order valence-corrected chi connectivity index (χ4v) is 2.64. The Labute approximate surface area is 125 Å². The number of ether oxygens (including phenoxy) is 1. The molecule has 106 valence electrons. The van der Waals surface area contributed by atoms with E-state index in [4.69, 9.17) is 16.3 Å². The maximum Gasteiger partial charge on any atom is 0.137 e. The summed E-state index contributed by atoms with van der Waals surface area (Å²) in [7, 11) is 1.58. The molecule has 0 aliphatic rings. The largest absolute Gasteiger partial charge is 0.495 e. The van der Waals surface area contributed by atoms with Crippen molar-refractivity contribution in [2.24, 2.45) is 0 Å². The number of aliphatic hydroxyl groups is 1. The fourth-order valence-electron chi connectivity index (χ4n) is 2.37. The maximum absolute atomic E-state index is 10.4. The zero-order valence-electron chi connectivity index (χ0n) is 12.0. The van der Waals surface area contributed by atoms with Crippen LogP contribution in [0.15, 0.2) is 36.4 Å². The smallest absolute Gasteiger partial charge is 0.137 e. The van der Waals surface area contributed by atoms with Crippen molar-refractivity contribution in [3.8, 4) is 5.75 Å². The molecule has 0 amide bonds. The van der Waals surface area contributed by atoms with Gasteiger partial charge < -0.3 is 9.84 Å². The lowest BCUT2D eigenvalue weighted by Crippen LogP contribution is -2.05. The molecule has 1 atom stereocenters. The highest BCUT2D eigenvalue weighted by Gasteiger charge is 2.13. The van der Waals surface area contributed by atoms with Crippen LogP contribution < -0.4 is 4.74 Å². The molecule has 3 heteroatoms. The highest BCUT2D eigenvalue weighted by molar-refractivity contribution is 6.32. The summed E-state index contributed by atoms with van der Waals surface area (Å²) < 4.78 is 5.12. The highest BCUT2D eigenvalue weighted by Crippen LogP contribution is 2.29. The maximum atomic E-state index is 10.4. The first-order chi connectivity index (χ1) is 9.52.